The maximum atomic E-state index is 3.73. The van der Waals surface area contributed by atoms with Crippen molar-refractivity contribution in [1.82, 2.24) is 5.32 Å². The molecule has 1 N–H and O–H groups in total. The second kappa shape index (κ2) is 4.58. The molecular weight excluding hydrogens is 220 g/mol. The first-order valence-corrected chi connectivity index (χ1v) is 6.95. The number of rotatable bonds is 2. The van der Waals surface area contributed by atoms with Crippen molar-refractivity contribution in [2.24, 2.45) is 0 Å². The number of aryl methyl sites for hydroxylation is 1. The molecule has 1 aromatic rings. The monoisotopic (exact) mass is 246 g/mol. The molecule has 0 amide bonds. The minimum atomic E-state index is 0.155. The van der Waals surface area contributed by atoms with E-state index in [1.54, 1.807) is 0 Å². The van der Waals surface area contributed by atoms with Gasteiger partial charge in [0.15, 0.2) is 0 Å². The van der Waals surface area contributed by atoms with Gasteiger partial charge in [0.2, 0.25) is 0 Å². The van der Waals surface area contributed by atoms with Crippen LogP contribution in [0.3, 0.4) is 0 Å². The highest BCUT2D eigenvalue weighted by Crippen LogP contribution is 2.28. The molecule has 2 nitrogen and oxygen atoms in total. The molecule has 0 unspecified atom stereocenters. The molecule has 1 aliphatic heterocycles. The topological polar surface area (TPSA) is 15.3 Å². The summed E-state index contributed by atoms with van der Waals surface area (Å²) in [6.45, 7) is 13.5. The Morgan fingerprint density at radius 3 is 2.17 bits per heavy atom. The van der Waals surface area contributed by atoms with Crippen molar-refractivity contribution in [3.63, 3.8) is 0 Å². The molecule has 0 atom stereocenters. The highest BCUT2D eigenvalue weighted by molar-refractivity contribution is 5.55. The lowest BCUT2D eigenvalue weighted by atomic mass is 9.90. The van der Waals surface area contributed by atoms with Crippen LogP contribution >= 0.6 is 0 Å². The molecule has 100 valence electrons. The van der Waals surface area contributed by atoms with Crippen molar-refractivity contribution in [3.8, 4) is 0 Å². The molecule has 0 radical (unpaired) electrons. The Labute approximate surface area is 111 Å². The van der Waals surface area contributed by atoms with Crippen LogP contribution in [-0.4, -0.2) is 24.2 Å². The summed E-state index contributed by atoms with van der Waals surface area (Å²) in [5, 5.41) is 3.73. The third-order valence-electron chi connectivity index (χ3n) is 3.56. The van der Waals surface area contributed by atoms with Gasteiger partial charge in [-0.25, -0.2) is 0 Å². The van der Waals surface area contributed by atoms with Crippen LogP contribution in [0.15, 0.2) is 24.3 Å². The summed E-state index contributed by atoms with van der Waals surface area (Å²) in [5.41, 5.74) is 3.17. The Hall–Kier alpha value is -1.02. The molecule has 2 heteroatoms. The van der Waals surface area contributed by atoms with E-state index < -0.39 is 0 Å². The van der Waals surface area contributed by atoms with Crippen LogP contribution in [0.1, 0.15) is 40.2 Å². The number of nitrogens with zero attached hydrogens (tertiary/aromatic N) is 1. The fourth-order valence-electron chi connectivity index (χ4n) is 3.29. The molecule has 2 rings (SSSR count). The first-order valence-electron chi connectivity index (χ1n) is 6.95. The highest BCUT2D eigenvalue weighted by atomic mass is 15.3. The molecule has 0 aliphatic carbocycles. The third kappa shape index (κ3) is 2.86. The average molecular weight is 246 g/mol. The molecule has 1 aliphatic rings. The van der Waals surface area contributed by atoms with E-state index >= 15 is 0 Å². The normalized spacial score (nSPS) is 21.9. The van der Waals surface area contributed by atoms with Crippen LogP contribution in [0.5, 0.6) is 0 Å². The SMILES string of the molecule is CCc1ccccc1N1CC(C)(C)NC(C)(C)C1. The quantitative estimate of drug-likeness (QED) is 0.862. The largest absolute Gasteiger partial charge is 0.368 e. The predicted molar refractivity (Wildman–Crippen MR) is 79.3 cm³/mol. The summed E-state index contributed by atoms with van der Waals surface area (Å²) in [6, 6.07) is 8.80. The Morgan fingerprint density at radius 2 is 1.61 bits per heavy atom. The van der Waals surface area contributed by atoms with Gasteiger partial charge in [-0.1, -0.05) is 25.1 Å². The predicted octanol–water partition coefficient (Wildman–Crippen LogP) is 3.22. The molecule has 1 heterocycles. The van der Waals surface area contributed by atoms with Crippen molar-refractivity contribution >= 4 is 5.69 Å². The van der Waals surface area contributed by atoms with E-state index in [0.717, 1.165) is 19.5 Å². The van der Waals surface area contributed by atoms with Crippen LogP contribution < -0.4 is 10.2 Å². The van der Waals surface area contributed by atoms with Crippen LogP contribution in [-0.2, 0) is 6.42 Å². The lowest BCUT2D eigenvalue weighted by Crippen LogP contribution is -2.67. The molecule has 0 bridgehead atoms. The Morgan fingerprint density at radius 1 is 1.06 bits per heavy atom. The van der Waals surface area contributed by atoms with E-state index in [1.165, 1.54) is 11.3 Å². The lowest BCUT2D eigenvalue weighted by Gasteiger charge is -2.49. The molecule has 1 fully saturated rings. The van der Waals surface area contributed by atoms with Crippen molar-refractivity contribution in [1.29, 1.82) is 0 Å². The third-order valence-corrected chi connectivity index (χ3v) is 3.56. The average Bonchev–Trinajstić information content (AvgIpc) is 2.24. The van der Waals surface area contributed by atoms with Gasteiger partial charge in [0.05, 0.1) is 0 Å². The summed E-state index contributed by atoms with van der Waals surface area (Å²) < 4.78 is 0. The standard InChI is InChI=1S/C16H26N2/c1-6-13-9-7-8-10-14(13)18-11-15(2,3)17-16(4,5)12-18/h7-10,17H,6,11-12H2,1-5H3. The number of nitrogens with one attached hydrogen (secondary N) is 1. The first-order chi connectivity index (χ1) is 8.33. The zero-order valence-electron chi connectivity index (χ0n) is 12.4. The van der Waals surface area contributed by atoms with Gasteiger partial charge in [-0.3, -0.25) is 0 Å². The number of hydrogen-bond donors (Lipinski definition) is 1. The smallest absolute Gasteiger partial charge is 0.0399 e. The van der Waals surface area contributed by atoms with E-state index in [-0.39, 0.29) is 11.1 Å². The van der Waals surface area contributed by atoms with E-state index in [2.05, 4.69) is 69.1 Å². The van der Waals surface area contributed by atoms with Crippen LogP contribution in [0.25, 0.3) is 0 Å². The van der Waals surface area contributed by atoms with Crippen LogP contribution in [0, 0.1) is 0 Å². The fraction of sp³-hybridized carbons (Fsp3) is 0.625. The van der Waals surface area contributed by atoms with E-state index in [1.807, 2.05) is 0 Å². The van der Waals surface area contributed by atoms with Gasteiger partial charge in [-0.05, 0) is 45.7 Å². The second-order valence-corrected chi connectivity index (χ2v) is 6.73. The van der Waals surface area contributed by atoms with E-state index in [4.69, 9.17) is 0 Å². The Kier molecular flexibility index (Phi) is 3.41. The van der Waals surface area contributed by atoms with Gasteiger partial charge < -0.3 is 10.2 Å². The molecule has 0 saturated carbocycles. The van der Waals surface area contributed by atoms with Gasteiger partial charge >= 0.3 is 0 Å². The molecule has 18 heavy (non-hydrogen) atoms. The maximum Gasteiger partial charge on any atom is 0.0399 e. The van der Waals surface area contributed by atoms with Crippen LogP contribution in [0.4, 0.5) is 5.69 Å². The summed E-state index contributed by atoms with van der Waals surface area (Å²) in [4.78, 5) is 2.54. The molecular formula is C16H26N2. The Balaban J connectivity index is 2.32. The first kappa shape index (κ1) is 13.4. The van der Waals surface area contributed by atoms with Gasteiger partial charge in [-0.15, -0.1) is 0 Å². The fourth-order valence-corrected chi connectivity index (χ4v) is 3.29. The van der Waals surface area contributed by atoms with Gasteiger partial charge in [0.25, 0.3) is 0 Å². The number of benzene rings is 1. The second-order valence-electron chi connectivity index (χ2n) is 6.73. The molecule has 1 aromatic carbocycles. The number of piperazine rings is 1. The van der Waals surface area contributed by atoms with Crippen molar-refractivity contribution < 1.29 is 0 Å². The number of para-hydroxylation sites is 1. The zero-order valence-corrected chi connectivity index (χ0v) is 12.4. The summed E-state index contributed by atoms with van der Waals surface area (Å²) in [6.07, 6.45) is 1.10. The molecule has 0 aromatic heterocycles. The number of anilines is 1. The van der Waals surface area contributed by atoms with Crippen LogP contribution in [0.2, 0.25) is 0 Å². The summed E-state index contributed by atoms with van der Waals surface area (Å²) in [5.74, 6) is 0. The van der Waals surface area contributed by atoms with Gasteiger partial charge in [0, 0.05) is 29.9 Å². The van der Waals surface area contributed by atoms with Crippen molar-refractivity contribution in [3.05, 3.63) is 29.8 Å². The van der Waals surface area contributed by atoms with Crippen molar-refractivity contribution in [2.45, 2.75) is 52.1 Å². The van der Waals surface area contributed by atoms with Gasteiger partial charge in [-0.2, -0.15) is 0 Å². The molecule has 0 spiro atoms. The maximum absolute atomic E-state index is 3.73. The zero-order chi connectivity index (χ0) is 13.4. The Bertz CT molecular complexity index is 405. The lowest BCUT2D eigenvalue weighted by molar-refractivity contribution is 0.226. The van der Waals surface area contributed by atoms with E-state index in [9.17, 15) is 0 Å². The minimum absolute atomic E-state index is 0.155. The highest BCUT2D eigenvalue weighted by Gasteiger charge is 2.36. The summed E-state index contributed by atoms with van der Waals surface area (Å²) >= 11 is 0. The summed E-state index contributed by atoms with van der Waals surface area (Å²) in [7, 11) is 0. The van der Waals surface area contributed by atoms with Crippen molar-refractivity contribution in [2.75, 3.05) is 18.0 Å². The van der Waals surface area contributed by atoms with E-state index in [0.29, 0.717) is 0 Å². The molecule has 1 saturated heterocycles. The minimum Gasteiger partial charge on any atom is -0.368 e. The van der Waals surface area contributed by atoms with Gasteiger partial charge in [0.1, 0.15) is 0 Å². The number of hydrogen-bond acceptors (Lipinski definition) is 2.